The summed E-state index contributed by atoms with van der Waals surface area (Å²) in [7, 11) is 0. The van der Waals surface area contributed by atoms with Gasteiger partial charge in [0.05, 0.1) is 11.9 Å². The van der Waals surface area contributed by atoms with Gasteiger partial charge in [-0.15, -0.1) is 0 Å². The Morgan fingerprint density at radius 2 is 1.90 bits per heavy atom. The van der Waals surface area contributed by atoms with Crippen LogP contribution < -0.4 is 10.5 Å². The van der Waals surface area contributed by atoms with Gasteiger partial charge in [0.2, 0.25) is 0 Å². The van der Waals surface area contributed by atoms with Crippen LogP contribution in [-0.2, 0) is 0 Å². The zero-order chi connectivity index (χ0) is 14.7. The number of ether oxygens (including phenoxy) is 1. The van der Waals surface area contributed by atoms with Crippen LogP contribution in [-0.4, -0.2) is 4.98 Å². The molecule has 3 nitrogen and oxygen atoms in total. The van der Waals surface area contributed by atoms with E-state index >= 15 is 0 Å². The highest BCUT2D eigenvalue weighted by Gasteiger charge is 2.10. The van der Waals surface area contributed by atoms with Gasteiger partial charge in [-0.3, -0.25) is 4.98 Å². The fourth-order valence-corrected chi connectivity index (χ4v) is 2.29. The molecule has 1 aromatic heterocycles. The van der Waals surface area contributed by atoms with Crippen LogP contribution in [0.25, 0.3) is 0 Å². The lowest BCUT2D eigenvalue weighted by Crippen LogP contribution is -2.06. The summed E-state index contributed by atoms with van der Waals surface area (Å²) in [6.45, 7) is 6.20. The third-order valence-electron chi connectivity index (χ3n) is 3.05. The van der Waals surface area contributed by atoms with E-state index in [1.807, 2.05) is 31.2 Å². The Hall–Kier alpha value is -1.39. The number of halogens is 1. The van der Waals surface area contributed by atoms with Crippen molar-refractivity contribution >= 4 is 15.9 Å². The summed E-state index contributed by atoms with van der Waals surface area (Å²) in [5, 5.41) is 0. The Kier molecular flexibility index (Phi) is 4.78. The summed E-state index contributed by atoms with van der Waals surface area (Å²) in [4.78, 5) is 4.31. The van der Waals surface area contributed by atoms with Crippen LogP contribution in [0, 0.1) is 0 Å². The van der Waals surface area contributed by atoms with E-state index in [4.69, 9.17) is 10.5 Å². The molecule has 0 saturated carbocycles. The third kappa shape index (κ3) is 3.58. The fourth-order valence-electron chi connectivity index (χ4n) is 1.91. The fraction of sp³-hybridized carbons (Fsp3) is 0.312. The predicted octanol–water partition coefficient (Wildman–Crippen LogP) is 4.78. The smallest absolute Gasteiger partial charge is 0.145 e. The van der Waals surface area contributed by atoms with Crippen LogP contribution in [0.3, 0.4) is 0 Å². The highest BCUT2D eigenvalue weighted by Crippen LogP contribution is 2.32. The number of hydrogen-bond acceptors (Lipinski definition) is 3. The Labute approximate surface area is 128 Å². The van der Waals surface area contributed by atoms with Crippen LogP contribution in [0.2, 0.25) is 0 Å². The number of nitrogens with two attached hydrogens (primary N) is 1. The van der Waals surface area contributed by atoms with Gasteiger partial charge >= 0.3 is 0 Å². The summed E-state index contributed by atoms with van der Waals surface area (Å²) in [5.74, 6) is 1.97. The third-order valence-corrected chi connectivity index (χ3v) is 3.54. The molecule has 0 amide bonds. The molecule has 2 aromatic rings. The van der Waals surface area contributed by atoms with Crippen LogP contribution in [0.1, 0.15) is 44.0 Å². The van der Waals surface area contributed by atoms with Crippen molar-refractivity contribution in [3.8, 4) is 11.5 Å². The first kappa shape index (κ1) is 15.0. The molecule has 0 saturated heterocycles. The maximum atomic E-state index is 5.94. The zero-order valence-corrected chi connectivity index (χ0v) is 13.5. The molecule has 20 heavy (non-hydrogen) atoms. The number of pyridine rings is 1. The van der Waals surface area contributed by atoms with Crippen molar-refractivity contribution in [3.63, 3.8) is 0 Å². The van der Waals surface area contributed by atoms with E-state index in [1.54, 1.807) is 6.20 Å². The average molecular weight is 335 g/mol. The van der Waals surface area contributed by atoms with Crippen LogP contribution >= 0.6 is 15.9 Å². The monoisotopic (exact) mass is 334 g/mol. The van der Waals surface area contributed by atoms with E-state index in [2.05, 4.69) is 40.8 Å². The second-order valence-corrected chi connectivity index (χ2v) is 6.06. The standard InChI is InChI=1S/C16H19BrN2O/c1-10(2)14-8-12(17)4-7-16(14)20-13-5-6-15(11(3)18)19-9-13/h4-11H,18H2,1-3H3. The Balaban J connectivity index is 2.25. The van der Waals surface area contributed by atoms with E-state index in [0.717, 1.165) is 27.2 Å². The zero-order valence-electron chi connectivity index (χ0n) is 11.9. The van der Waals surface area contributed by atoms with E-state index in [9.17, 15) is 0 Å². The number of aromatic nitrogens is 1. The van der Waals surface area contributed by atoms with Gasteiger partial charge in [0.25, 0.3) is 0 Å². The van der Waals surface area contributed by atoms with Gasteiger partial charge in [-0.2, -0.15) is 0 Å². The second kappa shape index (κ2) is 6.37. The van der Waals surface area contributed by atoms with Gasteiger partial charge in [0, 0.05) is 10.5 Å². The molecule has 4 heteroatoms. The Morgan fingerprint density at radius 1 is 1.15 bits per heavy atom. The van der Waals surface area contributed by atoms with Crippen molar-refractivity contribution in [2.45, 2.75) is 32.7 Å². The van der Waals surface area contributed by atoms with E-state index in [1.165, 1.54) is 0 Å². The van der Waals surface area contributed by atoms with Gasteiger partial charge in [0.15, 0.2) is 0 Å². The summed E-state index contributed by atoms with van der Waals surface area (Å²) >= 11 is 3.49. The Bertz CT molecular complexity index is 580. The molecule has 0 bridgehead atoms. The van der Waals surface area contributed by atoms with Crippen LogP contribution in [0.15, 0.2) is 41.0 Å². The molecule has 0 aliphatic rings. The van der Waals surface area contributed by atoms with Crippen LogP contribution in [0.4, 0.5) is 0 Å². The minimum absolute atomic E-state index is 0.0667. The highest BCUT2D eigenvalue weighted by atomic mass is 79.9. The molecular formula is C16H19BrN2O. The van der Waals surface area contributed by atoms with Crippen molar-refractivity contribution in [2.24, 2.45) is 5.73 Å². The molecule has 1 aromatic carbocycles. The van der Waals surface area contributed by atoms with Crippen molar-refractivity contribution in [3.05, 3.63) is 52.3 Å². The molecule has 0 spiro atoms. The number of hydrogen-bond donors (Lipinski definition) is 1. The first-order chi connectivity index (χ1) is 9.47. The van der Waals surface area contributed by atoms with Gasteiger partial charge in [-0.1, -0.05) is 29.8 Å². The maximum Gasteiger partial charge on any atom is 0.145 e. The molecular weight excluding hydrogens is 316 g/mol. The number of rotatable bonds is 4. The number of benzene rings is 1. The summed E-state index contributed by atoms with van der Waals surface area (Å²) in [6, 6.07) is 9.77. The molecule has 0 fully saturated rings. The summed E-state index contributed by atoms with van der Waals surface area (Å²) < 4.78 is 6.99. The molecule has 106 valence electrons. The lowest BCUT2D eigenvalue weighted by Gasteiger charge is -2.14. The quantitative estimate of drug-likeness (QED) is 0.875. The predicted molar refractivity (Wildman–Crippen MR) is 85.1 cm³/mol. The van der Waals surface area contributed by atoms with Crippen molar-refractivity contribution < 1.29 is 4.74 Å². The molecule has 2 rings (SSSR count). The van der Waals surface area contributed by atoms with E-state index < -0.39 is 0 Å². The van der Waals surface area contributed by atoms with Crippen molar-refractivity contribution in [2.75, 3.05) is 0 Å². The lowest BCUT2D eigenvalue weighted by atomic mass is 10.0. The molecule has 2 N–H and O–H groups in total. The molecule has 1 atom stereocenters. The normalized spacial score (nSPS) is 12.5. The summed E-state index contributed by atoms with van der Waals surface area (Å²) in [6.07, 6.45) is 1.71. The van der Waals surface area contributed by atoms with Gasteiger partial charge in [-0.05, 0) is 48.7 Å². The average Bonchev–Trinajstić information content (AvgIpc) is 2.41. The molecule has 0 aliphatic heterocycles. The SMILES string of the molecule is CC(C)c1cc(Br)ccc1Oc1ccc(C(C)N)nc1. The highest BCUT2D eigenvalue weighted by molar-refractivity contribution is 9.10. The second-order valence-electron chi connectivity index (χ2n) is 5.15. The molecule has 1 heterocycles. The first-order valence-corrected chi connectivity index (χ1v) is 7.45. The minimum atomic E-state index is -0.0667. The minimum Gasteiger partial charge on any atom is -0.455 e. The topological polar surface area (TPSA) is 48.1 Å². The largest absolute Gasteiger partial charge is 0.455 e. The summed E-state index contributed by atoms with van der Waals surface area (Å²) in [5.41, 5.74) is 7.81. The van der Waals surface area contributed by atoms with Crippen molar-refractivity contribution in [1.29, 1.82) is 0 Å². The van der Waals surface area contributed by atoms with E-state index in [-0.39, 0.29) is 6.04 Å². The molecule has 1 unspecified atom stereocenters. The Morgan fingerprint density at radius 3 is 2.45 bits per heavy atom. The lowest BCUT2D eigenvalue weighted by molar-refractivity contribution is 0.470. The molecule has 0 radical (unpaired) electrons. The van der Waals surface area contributed by atoms with Gasteiger partial charge < -0.3 is 10.5 Å². The molecule has 0 aliphatic carbocycles. The first-order valence-electron chi connectivity index (χ1n) is 6.66. The van der Waals surface area contributed by atoms with Crippen LogP contribution in [0.5, 0.6) is 11.5 Å². The number of nitrogens with zero attached hydrogens (tertiary/aromatic N) is 1. The van der Waals surface area contributed by atoms with Crippen molar-refractivity contribution in [1.82, 2.24) is 4.98 Å². The van der Waals surface area contributed by atoms with Gasteiger partial charge in [-0.25, -0.2) is 0 Å². The van der Waals surface area contributed by atoms with E-state index in [0.29, 0.717) is 5.92 Å². The maximum absolute atomic E-state index is 5.94. The van der Waals surface area contributed by atoms with Gasteiger partial charge in [0.1, 0.15) is 11.5 Å².